The molecule has 21 heavy (non-hydrogen) atoms. The molecule has 1 aliphatic carbocycles. The van der Waals surface area contributed by atoms with Crippen LogP contribution in [-0.2, 0) is 11.3 Å². The number of carbonyl (C=O) groups is 1. The predicted molar refractivity (Wildman–Crippen MR) is 77.8 cm³/mol. The molecule has 1 aromatic heterocycles. The number of fused-ring (bicyclic) bond motifs is 3. The van der Waals surface area contributed by atoms with Crippen molar-refractivity contribution in [2.75, 3.05) is 0 Å². The van der Waals surface area contributed by atoms with Crippen molar-refractivity contribution in [1.82, 2.24) is 19.9 Å². The molecule has 0 saturated heterocycles. The monoisotopic (exact) mass is 292 g/mol. The molecule has 2 heterocycles. The van der Waals surface area contributed by atoms with Crippen molar-refractivity contribution in [3.63, 3.8) is 0 Å². The summed E-state index contributed by atoms with van der Waals surface area (Å²) in [4.78, 5) is 14.5. The molecule has 0 N–H and O–H groups in total. The van der Waals surface area contributed by atoms with Gasteiger partial charge < -0.3 is 4.74 Å². The summed E-state index contributed by atoms with van der Waals surface area (Å²) in [5.74, 6) is 0. The van der Waals surface area contributed by atoms with E-state index in [0.29, 0.717) is 6.54 Å². The second-order valence-corrected chi connectivity index (χ2v) is 7.09. The first-order chi connectivity index (χ1) is 9.87. The average Bonchev–Trinajstić information content (AvgIpc) is 2.78. The lowest BCUT2D eigenvalue weighted by Crippen LogP contribution is -2.52. The molecule has 0 unspecified atom stereocenters. The largest absolute Gasteiger partial charge is 0.444 e. The van der Waals surface area contributed by atoms with Crippen LogP contribution in [0.4, 0.5) is 4.79 Å². The van der Waals surface area contributed by atoms with E-state index in [2.05, 4.69) is 10.3 Å². The van der Waals surface area contributed by atoms with Gasteiger partial charge >= 0.3 is 6.09 Å². The summed E-state index contributed by atoms with van der Waals surface area (Å²) in [5, 5.41) is 8.49. The van der Waals surface area contributed by atoms with Gasteiger partial charge in [-0.1, -0.05) is 18.1 Å². The third kappa shape index (κ3) is 2.63. The van der Waals surface area contributed by atoms with Crippen LogP contribution in [0.5, 0.6) is 0 Å². The minimum atomic E-state index is -0.466. The van der Waals surface area contributed by atoms with Gasteiger partial charge in [-0.05, 0) is 40.5 Å². The van der Waals surface area contributed by atoms with Crippen molar-refractivity contribution in [2.45, 2.75) is 77.6 Å². The molecule has 0 bridgehead atoms. The zero-order valence-electron chi connectivity index (χ0n) is 13.3. The predicted octanol–water partition coefficient (Wildman–Crippen LogP) is 2.82. The number of aryl methyl sites for hydroxylation is 1. The van der Waals surface area contributed by atoms with Crippen LogP contribution in [-0.4, -0.2) is 37.6 Å². The second-order valence-electron chi connectivity index (χ2n) is 7.09. The minimum absolute atomic E-state index is 0.183. The maximum absolute atomic E-state index is 12.6. The standard InChI is InChI=1S/C15H24N4O2/c1-10-13-9-18(14(20)21-15(2,3)4)11-7-5-6-8-12(11)19(13)17-16-10/h11-12H,5-9H2,1-4H3/t11-,12+/m1/s1. The van der Waals surface area contributed by atoms with Gasteiger partial charge in [-0.15, -0.1) is 5.10 Å². The Bertz CT molecular complexity index is 546. The van der Waals surface area contributed by atoms with Crippen LogP contribution in [0.25, 0.3) is 0 Å². The first-order valence-corrected chi connectivity index (χ1v) is 7.77. The average molecular weight is 292 g/mol. The van der Waals surface area contributed by atoms with Gasteiger partial charge in [0.1, 0.15) is 5.60 Å². The van der Waals surface area contributed by atoms with Gasteiger partial charge in [-0.3, -0.25) is 4.90 Å². The van der Waals surface area contributed by atoms with E-state index in [-0.39, 0.29) is 18.2 Å². The summed E-state index contributed by atoms with van der Waals surface area (Å²) < 4.78 is 7.64. The normalized spacial score (nSPS) is 25.2. The van der Waals surface area contributed by atoms with E-state index in [1.165, 1.54) is 6.42 Å². The van der Waals surface area contributed by atoms with E-state index in [1.807, 2.05) is 37.3 Å². The van der Waals surface area contributed by atoms with Gasteiger partial charge in [0, 0.05) is 0 Å². The Morgan fingerprint density at radius 3 is 2.57 bits per heavy atom. The highest BCUT2D eigenvalue weighted by Crippen LogP contribution is 2.38. The summed E-state index contributed by atoms with van der Waals surface area (Å²) in [5.41, 5.74) is 1.49. The summed E-state index contributed by atoms with van der Waals surface area (Å²) in [6, 6.07) is 0.429. The molecule has 1 fully saturated rings. The van der Waals surface area contributed by atoms with Crippen LogP contribution >= 0.6 is 0 Å². The topological polar surface area (TPSA) is 60.2 Å². The molecule has 2 atom stereocenters. The highest BCUT2D eigenvalue weighted by molar-refractivity contribution is 5.69. The Labute approximate surface area is 125 Å². The molecule has 1 saturated carbocycles. The molecule has 3 rings (SSSR count). The zero-order chi connectivity index (χ0) is 15.2. The summed E-state index contributed by atoms with van der Waals surface area (Å²) in [6.45, 7) is 8.23. The van der Waals surface area contributed by atoms with Crippen molar-refractivity contribution in [3.8, 4) is 0 Å². The minimum Gasteiger partial charge on any atom is -0.444 e. The molecular formula is C15H24N4O2. The zero-order valence-corrected chi connectivity index (χ0v) is 13.3. The molecule has 0 spiro atoms. The third-order valence-electron chi connectivity index (χ3n) is 4.34. The highest BCUT2D eigenvalue weighted by Gasteiger charge is 2.41. The Balaban J connectivity index is 1.91. The summed E-state index contributed by atoms with van der Waals surface area (Å²) in [7, 11) is 0. The number of ether oxygens (including phenoxy) is 1. The number of carbonyl (C=O) groups excluding carboxylic acids is 1. The van der Waals surface area contributed by atoms with Crippen LogP contribution in [0.15, 0.2) is 0 Å². The fraction of sp³-hybridized carbons (Fsp3) is 0.800. The number of rotatable bonds is 0. The first-order valence-electron chi connectivity index (χ1n) is 7.77. The summed E-state index contributed by atoms with van der Waals surface area (Å²) >= 11 is 0. The highest BCUT2D eigenvalue weighted by atomic mass is 16.6. The third-order valence-corrected chi connectivity index (χ3v) is 4.34. The Morgan fingerprint density at radius 1 is 1.24 bits per heavy atom. The maximum atomic E-state index is 12.6. The molecule has 6 nitrogen and oxygen atoms in total. The van der Waals surface area contributed by atoms with E-state index in [0.717, 1.165) is 30.7 Å². The second kappa shape index (κ2) is 5.00. The van der Waals surface area contributed by atoms with E-state index >= 15 is 0 Å². The smallest absolute Gasteiger partial charge is 0.410 e. The molecule has 116 valence electrons. The Morgan fingerprint density at radius 2 is 1.90 bits per heavy atom. The molecule has 2 aliphatic rings. The quantitative estimate of drug-likeness (QED) is 0.737. The molecule has 0 radical (unpaired) electrons. The number of amides is 1. The Kier molecular flexibility index (Phi) is 3.42. The molecule has 1 aromatic rings. The van der Waals surface area contributed by atoms with Gasteiger partial charge in [-0.25, -0.2) is 9.48 Å². The first kappa shape index (κ1) is 14.4. The van der Waals surface area contributed by atoms with E-state index in [9.17, 15) is 4.79 Å². The van der Waals surface area contributed by atoms with Crippen molar-refractivity contribution < 1.29 is 9.53 Å². The van der Waals surface area contributed by atoms with Gasteiger partial charge in [0.25, 0.3) is 0 Å². The van der Waals surface area contributed by atoms with Crippen LogP contribution in [0, 0.1) is 6.92 Å². The number of nitrogens with zero attached hydrogens (tertiary/aromatic N) is 4. The number of aromatic nitrogens is 3. The molecule has 0 aromatic carbocycles. The summed E-state index contributed by atoms with van der Waals surface area (Å²) in [6.07, 6.45) is 4.19. The van der Waals surface area contributed by atoms with Crippen LogP contribution in [0.3, 0.4) is 0 Å². The van der Waals surface area contributed by atoms with Crippen molar-refractivity contribution in [2.24, 2.45) is 0 Å². The molecule has 1 aliphatic heterocycles. The fourth-order valence-electron chi connectivity index (χ4n) is 3.39. The lowest BCUT2D eigenvalue weighted by molar-refractivity contribution is -0.00724. The van der Waals surface area contributed by atoms with Gasteiger partial charge in [0.2, 0.25) is 0 Å². The van der Waals surface area contributed by atoms with Gasteiger partial charge in [0.15, 0.2) is 0 Å². The van der Waals surface area contributed by atoms with Crippen LogP contribution in [0.1, 0.15) is 63.9 Å². The fourth-order valence-corrected chi connectivity index (χ4v) is 3.39. The molecule has 1 amide bonds. The Hall–Kier alpha value is -1.59. The van der Waals surface area contributed by atoms with Gasteiger partial charge in [0.05, 0.1) is 30.0 Å². The number of hydrogen-bond acceptors (Lipinski definition) is 4. The maximum Gasteiger partial charge on any atom is 0.410 e. The van der Waals surface area contributed by atoms with E-state index in [4.69, 9.17) is 4.74 Å². The van der Waals surface area contributed by atoms with Crippen LogP contribution in [0.2, 0.25) is 0 Å². The van der Waals surface area contributed by atoms with Crippen molar-refractivity contribution in [3.05, 3.63) is 11.4 Å². The lowest BCUT2D eigenvalue weighted by atomic mass is 9.87. The van der Waals surface area contributed by atoms with Crippen molar-refractivity contribution >= 4 is 6.09 Å². The van der Waals surface area contributed by atoms with E-state index in [1.54, 1.807) is 0 Å². The van der Waals surface area contributed by atoms with Crippen molar-refractivity contribution in [1.29, 1.82) is 0 Å². The lowest BCUT2D eigenvalue weighted by Gasteiger charge is -2.44. The SMILES string of the molecule is Cc1nnn2c1CN(C(=O)OC(C)(C)C)[C@@H]1CCCC[C@@H]12. The van der Waals surface area contributed by atoms with Crippen LogP contribution < -0.4 is 0 Å². The molecule has 6 heteroatoms. The van der Waals surface area contributed by atoms with E-state index < -0.39 is 5.60 Å². The number of hydrogen-bond donors (Lipinski definition) is 0. The van der Waals surface area contributed by atoms with Gasteiger partial charge in [-0.2, -0.15) is 0 Å². The molecular weight excluding hydrogens is 268 g/mol.